The van der Waals surface area contributed by atoms with E-state index in [1.807, 2.05) is 13.0 Å². The van der Waals surface area contributed by atoms with Gasteiger partial charge in [-0.3, -0.25) is 4.79 Å². The highest BCUT2D eigenvalue weighted by Gasteiger charge is 2.09. The Hall–Kier alpha value is -1.38. The molecule has 0 amide bonds. The van der Waals surface area contributed by atoms with E-state index in [0.717, 1.165) is 11.8 Å². The first-order valence-corrected chi connectivity index (χ1v) is 5.21. The Balaban J connectivity index is 2.53. The van der Waals surface area contributed by atoms with Crippen molar-refractivity contribution >= 4 is 12.1 Å². The zero-order chi connectivity index (χ0) is 11.3. The summed E-state index contributed by atoms with van der Waals surface area (Å²) in [4.78, 5) is 21.6. The standard InChI is InChI=1S/C12H16O3/c1-3-11(14)5-4-10-6-12(15-8-10)9(2)7-13/h6-9H,3-5H2,1-2H3. The molecule has 0 aliphatic rings. The van der Waals surface area contributed by atoms with Gasteiger partial charge in [0.25, 0.3) is 0 Å². The zero-order valence-electron chi connectivity index (χ0n) is 9.16. The van der Waals surface area contributed by atoms with Crippen LogP contribution in [0.4, 0.5) is 0 Å². The van der Waals surface area contributed by atoms with Crippen molar-refractivity contribution in [1.29, 1.82) is 0 Å². The molecule has 1 heterocycles. The van der Waals surface area contributed by atoms with Gasteiger partial charge >= 0.3 is 0 Å². The van der Waals surface area contributed by atoms with Crippen LogP contribution in [0.2, 0.25) is 0 Å². The molecule has 1 unspecified atom stereocenters. The first-order valence-electron chi connectivity index (χ1n) is 5.21. The Bertz CT molecular complexity index is 338. The normalized spacial score (nSPS) is 12.4. The number of carbonyl (C=O) groups excluding carboxylic acids is 2. The Morgan fingerprint density at radius 2 is 2.33 bits per heavy atom. The van der Waals surface area contributed by atoms with Crippen molar-refractivity contribution in [3.05, 3.63) is 23.7 Å². The molecule has 0 saturated carbocycles. The van der Waals surface area contributed by atoms with E-state index >= 15 is 0 Å². The van der Waals surface area contributed by atoms with Gasteiger partial charge in [0.2, 0.25) is 0 Å². The third kappa shape index (κ3) is 3.35. The number of Topliss-reactive ketones (excluding diaryl/α,β-unsaturated/α-hetero) is 1. The molecule has 1 atom stereocenters. The Morgan fingerprint density at radius 3 is 2.93 bits per heavy atom. The summed E-state index contributed by atoms with van der Waals surface area (Å²) in [5.41, 5.74) is 0.987. The predicted molar refractivity (Wildman–Crippen MR) is 56.8 cm³/mol. The Labute approximate surface area is 89.5 Å². The molecule has 0 bridgehead atoms. The first kappa shape index (κ1) is 11.7. The van der Waals surface area contributed by atoms with Gasteiger partial charge in [-0.25, -0.2) is 0 Å². The summed E-state index contributed by atoms with van der Waals surface area (Å²) < 4.78 is 5.24. The number of hydrogen-bond acceptors (Lipinski definition) is 3. The van der Waals surface area contributed by atoms with Gasteiger partial charge in [-0.15, -0.1) is 0 Å². The molecule has 1 rings (SSSR count). The molecule has 3 heteroatoms. The number of rotatable bonds is 6. The van der Waals surface area contributed by atoms with Crippen LogP contribution in [0, 0.1) is 0 Å². The van der Waals surface area contributed by atoms with E-state index in [1.54, 1.807) is 13.2 Å². The predicted octanol–water partition coefficient (Wildman–Crippen LogP) is 2.49. The topological polar surface area (TPSA) is 47.3 Å². The van der Waals surface area contributed by atoms with Gasteiger partial charge < -0.3 is 9.21 Å². The number of aldehydes is 1. The fraction of sp³-hybridized carbons (Fsp3) is 0.500. The summed E-state index contributed by atoms with van der Waals surface area (Å²) >= 11 is 0. The average Bonchev–Trinajstić information content (AvgIpc) is 2.73. The molecule has 15 heavy (non-hydrogen) atoms. The average molecular weight is 208 g/mol. The van der Waals surface area contributed by atoms with Crippen molar-refractivity contribution in [2.24, 2.45) is 0 Å². The Kier molecular flexibility index (Phi) is 4.28. The van der Waals surface area contributed by atoms with E-state index in [2.05, 4.69) is 0 Å². The summed E-state index contributed by atoms with van der Waals surface area (Å²) in [6, 6.07) is 1.85. The van der Waals surface area contributed by atoms with E-state index in [9.17, 15) is 9.59 Å². The highest BCUT2D eigenvalue weighted by atomic mass is 16.3. The first-order chi connectivity index (χ1) is 7.17. The van der Waals surface area contributed by atoms with Crippen molar-refractivity contribution in [2.45, 2.75) is 39.0 Å². The lowest BCUT2D eigenvalue weighted by Crippen LogP contribution is -1.97. The lowest BCUT2D eigenvalue weighted by Gasteiger charge is -1.95. The number of hydrogen-bond donors (Lipinski definition) is 0. The van der Waals surface area contributed by atoms with Crippen LogP contribution in [0.5, 0.6) is 0 Å². The van der Waals surface area contributed by atoms with Crippen molar-refractivity contribution in [2.75, 3.05) is 0 Å². The molecule has 1 aromatic rings. The summed E-state index contributed by atoms with van der Waals surface area (Å²) in [6.45, 7) is 3.64. The molecule has 0 spiro atoms. The minimum Gasteiger partial charge on any atom is -0.468 e. The SMILES string of the molecule is CCC(=O)CCc1coc(C(C)C=O)c1. The van der Waals surface area contributed by atoms with Gasteiger partial charge in [0.05, 0.1) is 12.2 Å². The van der Waals surface area contributed by atoms with Crippen LogP contribution in [0.3, 0.4) is 0 Å². The second-order valence-corrected chi connectivity index (χ2v) is 3.67. The lowest BCUT2D eigenvalue weighted by atomic mass is 10.1. The monoisotopic (exact) mass is 208 g/mol. The molecule has 0 radical (unpaired) electrons. The van der Waals surface area contributed by atoms with Crippen LogP contribution in [0.25, 0.3) is 0 Å². The van der Waals surface area contributed by atoms with Crippen molar-refractivity contribution < 1.29 is 14.0 Å². The summed E-state index contributed by atoms with van der Waals surface area (Å²) in [7, 11) is 0. The molecule has 82 valence electrons. The maximum absolute atomic E-state index is 11.1. The summed E-state index contributed by atoms with van der Waals surface area (Å²) in [5, 5.41) is 0. The third-order valence-electron chi connectivity index (χ3n) is 2.41. The molecule has 0 aromatic carbocycles. The van der Waals surface area contributed by atoms with Gasteiger partial charge in [-0.2, -0.15) is 0 Å². The number of aryl methyl sites for hydroxylation is 1. The zero-order valence-corrected chi connectivity index (χ0v) is 9.16. The molecular formula is C12H16O3. The van der Waals surface area contributed by atoms with Crippen LogP contribution < -0.4 is 0 Å². The van der Waals surface area contributed by atoms with E-state index < -0.39 is 0 Å². The molecule has 0 N–H and O–H groups in total. The largest absolute Gasteiger partial charge is 0.468 e. The second kappa shape index (κ2) is 5.49. The molecule has 3 nitrogen and oxygen atoms in total. The van der Waals surface area contributed by atoms with Crippen molar-refractivity contribution in [3.63, 3.8) is 0 Å². The molecule has 0 fully saturated rings. The van der Waals surface area contributed by atoms with Crippen molar-refractivity contribution in [1.82, 2.24) is 0 Å². The number of ketones is 1. The Morgan fingerprint density at radius 1 is 1.60 bits per heavy atom. The minimum absolute atomic E-state index is 0.208. The van der Waals surface area contributed by atoms with Crippen molar-refractivity contribution in [3.8, 4) is 0 Å². The van der Waals surface area contributed by atoms with Crippen LogP contribution >= 0.6 is 0 Å². The maximum atomic E-state index is 11.1. The van der Waals surface area contributed by atoms with Gasteiger partial charge in [-0.05, 0) is 25.0 Å². The van der Waals surface area contributed by atoms with E-state index in [4.69, 9.17) is 4.42 Å². The van der Waals surface area contributed by atoms with E-state index in [-0.39, 0.29) is 11.7 Å². The second-order valence-electron chi connectivity index (χ2n) is 3.67. The van der Waals surface area contributed by atoms with Crippen LogP contribution in [-0.2, 0) is 16.0 Å². The summed E-state index contributed by atoms with van der Waals surface area (Å²) in [6.07, 6.45) is 4.29. The van der Waals surface area contributed by atoms with Gasteiger partial charge in [0.15, 0.2) is 0 Å². The molecule has 0 aliphatic heterocycles. The fourth-order valence-electron chi connectivity index (χ4n) is 1.29. The van der Waals surface area contributed by atoms with Crippen LogP contribution in [-0.4, -0.2) is 12.1 Å². The van der Waals surface area contributed by atoms with Crippen LogP contribution in [0.1, 0.15) is 43.9 Å². The van der Waals surface area contributed by atoms with Gasteiger partial charge in [0, 0.05) is 12.8 Å². The third-order valence-corrected chi connectivity index (χ3v) is 2.41. The quantitative estimate of drug-likeness (QED) is 0.675. The smallest absolute Gasteiger partial charge is 0.132 e. The van der Waals surface area contributed by atoms with E-state index in [1.165, 1.54) is 0 Å². The highest BCUT2D eigenvalue weighted by Crippen LogP contribution is 2.17. The number of carbonyl (C=O) groups is 2. The minimum atomic E-state index is -0.208. The lowest BCUT2D eigenvalue weighted by molar-refractivity contribution is -0.118. The molecule has 0 saturated heterocycles. The maximum Gasteiger partial charge on any atom is 0.132 e. The molecule has 0 aliphatic carbocycles. The van der Waals surface area contributed by atoms with Gasteiger partial charge in [0.1, 0.15) is 17.8 Å². The molecule has 1 aromatic heterocycles. The summed E-state index contributed by atoms with van der Waals surface area (Å²) in [5.74, 6) is 0.714. The highest BCUT2D eigenvalue weighted by molar-refractivity contribution is 5.78. The van der Waals surface area contributed by atoms with Gasteiger partial charge in [-0.1, -0.05) is 6.92 Å². The fourth-order valence-corrected chi connectivity index (χ4v) is 1.29. The van der Waals surface area contributed by atoms with E-state index in [0.29, 0.717) is 25.0 Å². The molecular weight excluding hydrogens is 192 g/mol. The number of furan rings is 1. The van der Waals surface area contributed by atoms with Crippen LogP contribution in [0.15, 0.2) is 16.7 Å².